The molecule has 0 radical (unpaired) electrons. The summed E-state index contributed by atoms with van der Waals surface area (Å²) in [5.41, 5.74) is 1.50. The van der Waals surface area contributed by atoms with Gasteiger partial charge in [0.2, 0.25) is 0 Å². The van der Waals surface area contributed by atoms with Crippen LogP contribution < -0.4 is 5.32 Å². The molecular weight excluding hydrogens is 203 g/mol. The Morgan fingerprint density at radius 1 is 1.38 bits per heavy atom. The van der Waals surface area contributed by atoms with Crippen LogP contribution in [0.1, 0.15) is 32.1 Å². The lowest BCUT2D eigenvalue weighted by Gasteiger charge is -2.13. The molecular formula is C13H17FN2. The predicted octanol–water partition coefficient (Wildman–Crippen LogP) is 3.52. The summed E-state index contributed by atoms with van der Waals surface area (Å²) >= 11 is 0. The molecule has 0 fully saturated rings. The summed E-state index contributed by atoms with van der Waals surface area (Å²) in [5.74, 6) is 0.0824. The Bertz CT molecular complexity index is 374. The Labute approximate surface area is 95.6 Å². The lowest BCUT2D eigenvalue weighted by molar-refractivity contribution is 0.623. The first-order valence-electron chi connectivity index (χ1n) is 5.88. The molecule has 1 aromatic heterocycles. The van der Waals surface area contributed by atoms with Crippen LogP contribution in [0.25, 0.3) is 0 Å². The van der Waals surface area contributed by atoms with Crippen LogP contribution in [-0.2, 0) is 0 Å². The van der Waals surface area contributed by atoms with Crippen LogP contribution in [-0.4, -0.2) is 11.5 Å². The average Bonchev–Trinajstić information content (AvgIpc) is 2.33. The first-order chi connectivity index (χ1) is 7.86. The van der Waals surface area contributed by atoms with E-state index in [4.69, 9.17) is 0 Å². The fraction of sp³-hybridized carbons (Fsp3) is 0.462. The first-order valence-corrected chi connectivity index (χ1v) is 5.88. The standard InChI is InChI=1S/C13H17FN2/c14-12-7-4-9-15-13(12)16-10-8-11-5-2-1-3-6-11/h4-5,7,9H,1-3,6,8,10H2,(H,15,16). The molecule has 0 aromatic carbocycles. The number of nitrogens with zero attached hydrogens (tertiary/aromatic N) is 1. The summed E-state index contributed by atoms with van der Waals surface area (Å²) in [5, 5.41) is 3.03. The van der Waals surface area contributed by atoms with Crippen LogP contribution in [0.15, 0.2) is 30.0 Å². The van der Waals surface area contributed by atoms with Crippen molar-refractivity contribution in [3.05, 3.63) is 35.8 Å². The van der Waals surface area contributed by atoms with Crippen LogP contribution in [0.3, 0.4) is 0 Å². The van der Waals surface area contributed by atoms with E-state index in [-0.39, 0.29) is 5.82 Å². The monoisotopic (exact) mass is 220 g/mol. The Balaban J connectivity index is 1.80. The molecule has 0 spiro atoms. The van der Waals surface area contributed by atoms with E-state index in [1.165, 1.54) is 37.3 Å². The molecule has 0 bridgehead atoms. The van der Waals surface area contributed by atoms with Crippen molar-refractivity contribution in [1.82, 2.24) is 4.98 Å². The maximum Gasteiger partial charge on any atom is 0.165 e. The number of aromatic nitrogens is 1. The number of halogens is 1. The quantitative estimate of drug-likeness (QED) is 0.785. The van der Waals surface area contributed by atoms with Crippen molar-refractivity contribution in [1.29, 1.82) is 0 Å². The van der Waals surface area contributed by atoms with Gasteiger partial charge in [-0.05, 0) is 44.2 Å². The van der Waals surface area contributed by atoms with Crippen molar-refractivity contribution in [3.63, 3.8) is 0 Å². The van der Waals surface area contributed by atoms with E-state index < -0.39 is 0 Å². The van der Waals surface area contributed by atoms with Gasteiger partial charge in [-0.2, -0.15) is 0 Å². The highest BCUT2D eigenvalue weighted by molar-refractivity contribution is 5.35. The highest BCUT2D eigenvalue weighted by Crippen LogP contribution is 2.20. The molecule has 2 nitrogen and oxygen atoms in total. The molecule has 0 atom stereocenters. The highest BCUT2D eigenvalue weighted by atomic mass is 19.1. The van der Waals surface area contributed by atoms with E-state index in [9.17, 15) is 4.39 Å². The third-order valence-electron chi connectivity index (χ3n) is 2.88. The maximum atomic E-state index is 13.2. The predicted molar refractivity (Wildman–Crippen MR) is 63.9 cm³/mol. The van der Waals surface area contributed by atoms with Gasteiger partial charge in [0, 0.05) is 12.7 Å². The van der Waals surface area contributed by atoms with Gasteiger partial charge in [0.25, 0.3) is 0 Å². The van der Waals surface area contributed by atoms with Gasteiger partial charge in [0.05, 0.1) is 0 Å². The van der Waals surface area contributed by atoms with E-state index in [0.29, 0.717) is 5.82 Å². The van der Waals surface area contributed by atoms with E-state index in [0.717, 1.165) is 13.0 Å². The zero-order chi connectivity index (χ0) is 11.2. The summed E-state index contributed by atoms with van der Waals surface area (Å²) in [4.78, 5) is 3.96. The minimum Gasteiger partial charge on any atom is -0.367 e. The number of pyridine rings is 1. The van der Waals surface area contributed by atoms with Gasteiger partial charge in [-0.3, -0.25) is 0 Å². The van der Waals surface area contributed by atoms with Crippen molar-refractivity contribution < 1.29 is 4.39 Å². The topological polar surface area (TPSA) is 24.9 Å². The van der Waals surface area contributed by atoms with E-state index >= 15 is 0 Å². The molecule has 0 saturated heterocycles. The molecule has 1 N–H and O–H groups in total. The number of hydrogen-bond acceptors (Lipinski definition) is 2. The second kappa shape index (κ2) is 5.64. The van der Waals surface area contributed by atoms with Crippen LogP contribution in [0.5, 0.6) is 0 Å². The second-order valence-corrected chi connectivity index (χ2v) is 4.12. The SMILES string of the molecule is Fc1cccnc1NCCC1=CCCCC1. The Morgan fingerprint density at radius 3 is 3.06 bits per heavy atom. The molecule has 0 saturated carbocycles. The minimum atomic E-state index is -0.278. The summed E-state index contributed by atoms with van der Waals surface area (Å²) in [6.45, 7) is 0.764. The van der Waals surface area contributed by atoms with Gasteiger partial charge < -0.3 is 5.32 Å². The maximum absolute atomic E-state index is 13.2. The molecule has 0 aliphatic heterocycles. The van der Waals surface area contributed by atoms with Gasteiger partial charge >= 0.3 is 0 Å². The Kier molecular flexibility index (Phi) is 3.91. The lowest BCUT2D eigenvalue weighted by Crippen LogP contribution is -2.07. The van der Waals surface area contributed by atoms with Crippen LogP contribution in [0.4, 0.5) is 10.2 Å². The zero-order valence-electron chi connectivity index (χ0n) is 9.38. The summed E-state index contributed by atoms with van der Waals surface area (Å²) in [6.07, 6.45) is 9.93. The van der Waals surface area contributed by atoms with Gasteiger partial charge in [-0.1, -0.05) is 11.6 Å². The van der Waals surface area contributed by atoms with Crippen LogP contribution in [0, 0.1) is 5.82 Å². The van der Waals surface area contributed by atoms with Crippen LogP contribution in [0.2, 0.25) is 0 Å². The summed E-state index contributed by atoms with van der Waals surface area (Å²) < 4.78 is 13.2. The molecule has 16 heavy (non-hydrogen) atoms. The third-order valence-corrected chi connectivity index (χ3v) is 2.88. The Hall–Kier alpha value is -1.38. The number of nitrogens with one attached hydrogen (secondary N) is 1. The molecule has 86 valence electrons. The lowest BCUT2D eigenvalue weighted by atomic mass is 9.97. The van der Waals surface area contributed by atoms with Crippen molar-refractivity contribution in [2.45, 2.75) is 32.1 Å². The van der Waals surface area contributed by atoms with Gasteiger partial charge in [-0.25, -0.2) is 9.37 Å². The van der Waals surface area contributed by atoms with E-state index in [2.05, 4.69) is 16.4 Å². The summed E-state index contributed by atoms with van der Waals surface area (Å²) in [7, 11) is 0. The first kappa shape index (κ1) is 11.1. The average molecular weight is 220 g/mol. The largest absolute Gasteiger partial charge is 0.367 e. The fourth-order valence-electron chi connectivity index (χ4n) is 1.99. The number of anilines is 1. The molecule has 0 unspecified atom stereocenters. The van der Waals surface area contributed by atoms with Gasteiger partial charge in [-0.15, -0.1) is 0 Å². The second-order valence-electron chi connectivity index (χ2n) is 4.12. The van der Waals surface area contributed by atoms with Crippen molar-refractivity contribution in [2.75, 3.05) is 11.9 Å². The van der Waals surface area contributed by atoms with E-state index in [1.807, 2.05) is 0 Å². The summed E-state index contributed by atoms with van der Waals surface area (Å²) in [6, 6.07) is 3.03. The molecule has 1 aliphatic carbocycles. The zero-order valence-corrected chi connectivity index (χ0v) is 9.38. The number of hydrogen-bond donors (Lipinski definition) is 1. The normalized spacial score (nSPS) is 15.7. The molecule has 1 aromatic rings. The van der Waals surface area contributed by atoms with Crippen molar-refractivity contribution in [2.24, 2.45) is 0 Å². The highest BCUT2D eigenvalue weighted by Gasteiger charge is 2.04. The van der Waals surface area contributed by atoms with Crippen LogP contribution >= 0.6 is 0 Å². The molecule has 2 rings (SSSR count). The molecule has 0 amide bonds. The van der Waals surface area contributed by atoms with Crippen molar-refractivity contribution in [3.8, 4) is 0 Å². The van der Waals surface area contributed by atoms with E-state index in [1.54, 1.807) is 12.3 Å². The van der Waals surface area contributed by atoms with Gasteiger partial charge in [0.15, 0.2) is 11.6 Å². The fourth-order valence-corrected chi connectivity index (χ4v) is 1.99. The molecule has 1 heterocycles. The third kappa shape index (κ3) is 3.05. The molecule has 3 heteroatoms. The smallest absolute Gasteiger partial charge is 0.165 e. The van der Waals surface area contributed by atoms with Gasteiger partial charge in [0.1, 0.15) is 0 Å². The minimum absolute atomic E-state index is 0.278. The number of rotatable bonds is 4. The molecule has 1 aliphatic rings. The number of allylic oxidation sites excluding steroid dienone is 1. The van der Waals surface area contributed by atoms with Crippen molar-refractivity contribution >= 4 is 5.82 Å². The Morgan fingerprint density at radius 2 is 2.31 bits per heavy atom.